The van der Waals surface area contributed by atoms with Gasteiger partial charge in [0, 0.05) is 5.56 Å². The Morgan fingerprint density at radius 3 is 2.57 bits per heavy atom. The molecule has 8 heteroatoms. The smallest absolute Gasteiger partial charge is 0.170 e. The lowest BCUT2D eigenvalue weighted by Crippen LogP contribution is -2.22. The Morgan fingerprint density at radius 2 is 2.05 bits per heavy atom. The molecule has 0 aliphatic rings. The molecule has 0 unspecified atom stereocenters. The van der Waals surface area contributed by atoms with Gasteiger partial charge in [-0.25, -0.2) is 8.42 Å². The van der Waals surface area contributed by atoms with E-state index >= 15 is 0 Å². The number of sulfone groups is 1. The first kappa shape index (κ1) is 17.1. The summed E-state index contributed by atoms with van der Waals surface area (Å²) in [5.74, 6) is 0.643. The van der Waals surface area contributed by atoms with Gasteiger partial charge in [-0.05, 0) is 32.0 Å². The normalized spacial score (nSPS) is 12.5. The quantitative estimate of drug-likeness (QED) is 0.336. The van der Waals surface area contributed by atoms with Crippen LogP contribution in [0.4, 0.5) is 0 Å². The van der Waals surface area contributed by atoms with Gasteiger partial charge in [-0.2, -0.15) is 0 Å². The third kappa shape index (κ3) is 4.52. The molecule has 0 spiro atoms. The van der Waals surface area contributed by atoms with Gasteiger partial charge in [-0.15, -0.1) is 0 Å². The number of ether oxygens (including phenoxy) is 2. The van der Waals surface area contributed by atoms with Crippen LogP contribution in [0.3, 0.4) is 0 Å². The maximum atomic E-state index is 11.7. The molecule has 3 N–H and O–H groups in total. The van der Waals surface area contributed by atoms with Crippen molar-refractivity contribution >= 4 is 15.7 Å². The molecule has 0 aromatic heterocycles. The van der Waals surface area contributed by atoms with Gasteiger partial charge in [0.1, 0.15) is 6.61 Å². The summed E-state index contributed by atoms with van der Waals surface area (Å²) in [5, 5.41) is 11.1. The summed E-state index contributed by atoms with van der Waals surface area (Å²) < 4.78 is 34.0. The van der Waals surface area contributed by atoms with Crippen LogP contribution in [0.25, 0.3) is 0 Å². The van der Waals surface area contributed by atoms with Gasteiger partial charge in [0.25, 0.3) is 0 Å². The van der Waals surface area contributed by atoms with Crippen LogP contribution in [0.15, 0.2) is 23.4 Å². The largest absolute Gasteiger partial charge is 0.493 e. The Bertz CT molecular complexity index is 611. The molecule has 0 aliphatic carbocycles. The molecule has 0 heterocycles. The van der Waals surface area contributed by atoms with Crippen molar-refractivity contribution in [2.75, 3.05) is 19.5 Å². The number of nitrogens with two attached hydrogens (primary N) is 1. The molecule has 1 rings (SSSR count). The highest BCUT2D eigenvalue weighted by Crippen LogP contribution is 2.28. The van der Waals surface area contributed by atoms with E-state index in [-0.39, 0.29) is 18.2 Å². The predicted octanol–water partition coefficient (Wildman–Crippen LogP) is 0.992. The van der Waals surface area contributed by atoms with Gasteiger partial charge >= 0.3 is 0 Å². The van der Waals surface area contributed by atoms with E-state index < -0.39 is 15.1 Å². The van der Waals surface area contributed by atoms with E-state index in [2.05, 4.69) is 5.16 Å². The van der Waals surface area contributed by atoms with Crippen LogP contribution in [0, 0.1) is 0 Å². The van der Waals surface area contributed by atoms with Crippen molar-refractivity contribution in [1.82, 2.24) is 0 Å². The summed E-state index contributed by atoms with van der Waals surface area (Å²) >= 11 is 0. The van der Waals surface area contributed by atoms with Crippen molar-refractivity contribution in [2.45, 2.75) is 19.1 Å². The van der Waals surface area contributed by atoms with Crippen LogP contribution in [0.2, 0.25) is 0 Å². The lowest BCUT2D eigenvalue weighted by Gasteiger charge is -2.13. The number of methoxy groups -OCH3 is 1. The summed E-state index contributed by atoms with van der Waals surface area (Å²) in [4.78, 5) is 0. The number of rotatable bonds is 7. The molecule has 21 heavy (non-hydrogen) atoms. The number of benzene rings is 1. The first-order chi connectivity index (χ1) is 9.81. The van der Waals surface area contributed by atoms with Crippen LogP contribution in [-0.2, 0) is 9.84 Å². The molecule has 7 nitrogen and oxygen atoms in total. The lowest BCUT2D eigenvalue weighted by atomic mass is 10.2. The monoisotopic (exact) mass is 316 g/mol. The molecule has 1 aromatic rings. The van der Waals surface area contributed by atoms with Crippen LogP contribution in [-0.4, -0.2) is 44.2 Å². The molecule has 0 fully saturated rings. The molecular weight excluding hydrogens is 296 g/mol. The fourth-order valence-corrected chi connectivity index (χ4v) is 2.29. The number of amidine groups is 1. The minimum absolute atomic E-state index is 0.0276. The molecule has 0 saturated carbocycles. The van der Waals surface area contributed by atoms with E-state index in [0.29, 0.717) is 17.1 Å². The third-order valence-electron chi connectivity index (χ3n) is 2.91. The summed E-state index contributed by atoms with van der Waals surface area (Å²) in [7, 11) is -1.70. The van der Waals surface area contributed by atoms with Gasteiger partial charge in [-0.1, -0.05) is 5.16 Å². The highest BCUT2D eigenvalue weighted by atomic mass is 32.2. The molecule has 0 saturated heterocycles. The van der Waals surface area contributed by atoms with Crippen LogP contribution < -0.4 is 15.2 Å². The standard InChI is InChI=1S/C13H20N2O5S/c1-9(2)21(17,18)7-6-20-11-5-4-10(13(14)15-16)8-12(11)19-3/h4-5,8-9,16H,6-7H2,1-3H3,(H2,14,15). The molecule has 1 aromatic carbocycles. The summed E-state index contributed by atoms with van der Waals surface area (Å²) in [6, 6.07) is 4.71. The van der Waals surface area contributed by atoms with Crippen molar-refractivity contribution in [3.63, 3.8) is 0 Å². The Labute approximate surface area is 124 Å². The first-order valence-electron chi connectivity index (χ1n) is 6.32. The second-order valence-corrected chi connectivity index (χ2v) is 7.29. The van der Waals surface area contributed by atoms with E-state index in [0.717, 1.165) is 0 Å². The predicted molar refractivity (Wildman–Crippen MR) is 79.9 cm³/mol. The first-order valence-corrected chi connectivity index (χ1v) is 8.03. The van der Waals surface area contributed by atoms with Crippen molar-refractivity contribution < 1.29 is 23.1 Å². The Balaban J connectivity index is 2.81. The summed E-state index contributed by atoms with van der Waals surface area (Å²) in [6.07, 6.45) is 0. The van der Waals surface area contributed by atoms with Gasteiger partial charge in [0.15, 0.2) is 27.2 Å². The molecular formula is C13H20N2O5S. The zero-order chi connectivity index (χ0) is 16.0. The van der Waals surface area contributed by atoms with Crippen molar-refractivity contribution in [2.24, 2.45) is 10.9 Å². The highest BCUT2D eigenvalue weighted by molar-refractivity contribution is 7.91. The zero-order valence-corrected chi connectivity index (χ0v) is 13.1. The Hall–Kier alpha value is -1.96. The molecule has 0 radical (unpaired) electrons. The minimum atomic E-state index is -3.15. The topological polar surface area (TPSA) is 111 Å². The van der Waals surface area contributed by atoms with Gasteiger partial charge < -0.3 is 20.4 Å². The fourth-order valence-electron chi connectivity index (χ4n) is 1.51. The second kappa shape index (κ2) is 7.16. The minimum Gasteiger partial charge on any atom is -0.493 e. The van der Waals surface area contributed by atoms with E-state index in [1.165, 1.54) is 7.11 Å². The fraction of sp³-hybridized carbons (Fsp3) is 0.462. The molecule has 0 atom stereocenters. The molecule has 0 aliphatic heterocycles. The summed E-state index contributed by atoms with van der Waals surface area (Å²) in [6.45, 7) is 3.28. The second-order valence-electron chi connectivity index (χ2n) is 4.62. The van der Waals surface area contributed by atoms with Crippen LogP contribution in [0.1, 0.15) is 19.4 Å². The maximum Gasteiger partial charge on any atom is 0.170 e. The van der Waals surface area contributed by atoms with Gasteiger partial charge in [0.05, 0.1) is 18.1 Å². The van der Waals surface area contributed by atoms with Crippen LogP contribution >= 0.6 is 0 Å². The highest BCUT2D eigenvalue weighted by Gasteiger charge is 2.16. The van der Waals surface area contributed by atoms with E-state index in [1.54, 1.807) is 32.0 Å². The van der Waals surface area contributed by atoms with Crippen molar-refractivity contribution in [3.8, 4) is 11.5 Å². The van der Waals surface area contributed by atoms with E-state index in [4.69, 9.17) is 20.4 Å². The lowest BCUT2D eigenvalue weighted by molar-refractivity contribution is 0.311. The number of hydrogen-bond acceptors (Lipinski definition) is 6. The molecule has 0 bridgehead atoms. The van der Waals surface area contributed by atoms with Crippen molar-refractivity contribution in [3.05, 3.63) is 23.8 Å². The van der Waals surface area contributed by atoms with E-state index in [9.17, 15) is 8.42 Å². The van der Waals surface area contributed by atoms with Crippen LogP contribution in [0.5, 0.6) is 11.5 Å². The average Bonchev–Trinajstić information content (AvgIpc) is 2.46. The zero-order valence-electron chi connectivity index (χ0n) is 12.2. The molecule has 118 valence electrons. The van der Waals surface area contributed by atoms with Crippen molar-refractivity contribution in [1.29, 1.82) is 0 Å². The number of oxime groups is 1. The van der Waals surface area contributed by atoms with E-state index in [1.807, 2.05) is 0 Å². The summed E-state index contributed by atoms with van der Waals surface area (Å²) in [5.41, 5.74) is 5.95. The Morgan fingerprint density at radius 1 is 1.38 bits per heavy atom. The SMILES string of the molecule is COc1cc(/C(N)=N/O)ccc1OCCS(=O)(=O)C(C)C. The maximum absolute atomic E-state index is 11.7. The van der Waals surface area contributed by atoms with Gasteiger partial charge in [-0.3, -0.25) is 0 Å². The Kier molecular flexibility index (Phi) is 5.83. The average molecular weight is 316 g/mol. The number of hydrogen-bond donors (Lipinski definition) is 2. The molecule has 0 amide bonds. The number of nitrogens with zero attached hydrogens (tertiary/aromatic N) is 1. The van der Waals surface area contributed by atoms with Gasteiger partial charge in [0.2, 0.25) is 0 Å². The third-order valence-corrected chi connectivity index (χ3v) is 5.08.